The maximum Gasteiger partial charge on any atom is 0.141 e. The highest BCUT2D eigenvalue weighted by atomic mass is 79.9. The molecule has 2 nitrogen and oxygen atoms in total. The van der Waals surface area contributed by atoms with Crippen LogP contribution in [0, 0.1) is 11.7 Å². The van der Waals surface area contributed by atoms with E-state index < -0.39 is 6.10 Å². The molecule has 4 heteroatoms. The number of aliphatic hydroxyl groups is 1. The normalized spacial score (nSPS) is 18.7. The van der Waals surface area contributed by atoms with E-state index in [2.05, 4.69) is 15.9 Å². The minimum absolute atomic E-state index is 0.255. The van der Waals surface area contributed by atoms with Gasteiger partial charge in [-0.15, -0.1) is 0 Å². The Balaban J connectivity index is 2.27. The highest BCUT2D eigenvalue weighted by Gasteiger charge is 2.26. The third-order valence-electron chi connectivity index (χ3n) is 3.69. The van der Waals surface area contributed by atoms with Crippen LogP contribution in [-0.4, -0.2) is 12.2 Å². The van der Waals surface area contributed by atoms with Crippen LogP contribution in [-0.2, 0) is 0 Å². The fraction of sp³-hybridized carbons (Fsp3) is 0.571. The minimum atomic E-state index is -0.572. The number of methoxy groups -OCH3 is 1. The van der Waals surface area contributed by atoms with Crippen LogP contribution in [0.25, 0.3) is 0 Å². The third kappa shape index (κ3) is 2.86. The van der Waals surface area contributed by atoms with E-state index in [9.17, 15) is 9.50 Å². The largest absolute Gasteiger partial charge is 0.496 e. The average molecular weight is 317 g/mol. The van der Waals surface area contributed by atoms with E-state index in [1.165, 1.54) is 19.6 Å². The molecule has 2 rings (SSSR count). The van der Waals surface area contributed by atoms with E-state index in [1.54, 1.807) is 6.07 Å². The Morgan fingerprint density at radius 2 is 2.00 bits per heavy atom. The van der Waals surface area contributed by atoms with Gasteiger partial charge in [0.2, 0.25) is 0 Å². The molecule has 1 aliphatic rings. The van der Waals surface area contributed by atoms with Gasteiger partial charge in [-0.05, 0) is 40.8 Å². The molecule has 18 heavy (non-hydrogen) atoms. The third-order valence-corrected chi connectivity index (χ3v) is 4.30. The summed E-state index contributed by atoms with van der Waals surface area (Å²) in [5.41, 5.74) is 0.678. The fourth-order valence-corrected chi connectivity index (χ4v) is 3.02. The first-order chi connectivity index (χ1) is 8.63. The molecule has 0 spiro atoms. The van der Waals surface area contributed by atoms with Gasteiger partial charge in [0.15, 0.2) is 0 Å². The zero-order chi connectivity index (χ0) is 13.1. The van der Waals surface area contributed by atoms with Gasteiger partial charge in [-0.2, -0.15) is 0 Å². The van der Waals surface area contributed by atoms with Crippen LogP contribution in [0.5, 0.6) is 5.75 Å². The first-order valence-corrected chi connectivity index (χ1v) is 7.13. The van der Waals surface area contributed by atoms with Crippen LogP contribution in [0.2, 0.25) is 0 Å². The van der Waals surface area contributed by atoms with E-state index in [0.717, 1.165) is 25.7 Å². The van der Waals surface area contributed by atoms with Gasteiger partial charge < -0.3 is 9.84 Å². The lowest BCUT2D eigenvalue weighted by molar-refractivity contribution is 0.0823. The van der Waals surface area contributed by atoms with Crippen molar-refractivity contribution < 1.29 is 14.2 Å². The molecule has 0 aliphatic heterocycles. The summed E-state index contributed by atoms with van der Waals surface area (Å²) in [7, 11) is 1.50. The quantitative estimate of drug-likeness (QED) is 0.905. The molecule has 0 saturated heterocycles. The Kier molecular flexibility index (Phi) is 4.62. The molecule has 1 aromatic carbocycles. The number of benzene rings is 1. The molecule has 1 aliphatic carbocycles. The molecule has 0 heterocycles. The smallest absolute Gasteiger partial charge is 0.141 e. The number of aliphatic hydroxyl groups excluding tert-OH is 1. The monoisotopic (exact) mass is 316 g/mol. The van der Waals surface area contributed by atoms with Gasteiger partial charge in [-0.3, -0.25) is 0 Å². The number of hydrogen-bond donors (Lipinski definition) is 1. The highest BCUT2D eigenvalue weighted by molar-refractivity contribution is 9.10. The maximum atomic E-state index is 13.4. The summed E-state index contributed by atoms with van der Waals surface area (Å²) in [6, 6.07) is 2.96. The summed E-state index contributed by atoms with van der Waals surface area (Å²) in [6.07, 6.45) is 5.04. The highest BCUT2D eigenvalue weighted by Crippen LogP contribution is 2.39. The molecule has 100 valence electrons. The van der Waals surface area contributed by atoms with Crippen LogP contribution >= 0.6 is 15.9 Å². The Morgan fingerprint density at radius 1 is 1.33 bits per heavy atom. The Bertz CT molecular complexity index is 417. The molecule has 0 amide bonds. The summed E-state index contributed by atoms with van der Waals surface area (Å²) >= 11 is 3.16. The number of rotatable bonds is 3. The van der Waals surface area contributed by atoms with Crippen molar-refractivity contribution in [2.75, 3.05) is 7.11 Å². The average Bonchev–Trinajstić information content (AvgIpc) is 2.41. The molecule has 0 aromatic heterocycles. The van der Waals surface area contributed by atoms with Crippen molar-refractivity contribution in [3.05, 3.63) is 28.0 Å². The molecule has 1 fully saturated rings. The molecular weight excluding hydrogens is 299 g/mol. The van der Waals surface area contributed by atoms with E-state index in [0.29, 0.717) is 15.8 Å². The summed E-state index contributed by atoms with van der Waals surface area (Å²) in [4.78, 5) is 0. The van der Waals surface area contributed by atoms with Crippen molar-refractivity contribution in [2.24, 2.45) is 5.92 Å². The van der Waals surface area contributed by atoms with Crippen molar-refractivity contribution in [3.63, 3.8) is 0 Å². The summed E-state index contributed by atoms with van der Waals surface area (Å²) in [6.45, 7) is 0. The summed E-state index contributed by atoms with van der Waals surface area (Å²) in [5.74, 6) is 0.310. The minimum Gasteiger partial charge on any atom is -0.496 e. The van der Waals surface area contributed by atoms with Crippen LogP contribution in [0.4, 0.5) is 4.39 Å². The Labute approximate surface area is 115 Å². The molecule has 0 bridgehead atoms. The van der Waals surface area contributed by atoms with Crippen molar-refractivity contribution in [3.8, 4) is 5.75 Å². The lowest BCUT2D eigenvalue weighted by Crippen LogP contribution is -2.16. The first kappa shape index (κ1) is 13.8. The first-order valence-electron chi connectivity index (χ1n) is 6.34. The molecule has 1 N–H and O–H groups in total. The predicted octanol–water partition coefficient (Wildman–Crippen LogP) is 4.21. The lowest BCUT2D eigenvalue weighted by atomic mass is 9.82. The summed E-state index contributed by atoms with van der Waals surface area (Å²) < 4.78 is 19.0. The van der Waals surface area contributed by atoms with Gasteiger partial charge in [0.1, 0.15) is 11.6 Å². The SMILES string of the molecule is COc1cc(F)c(Br)cc1C(O)C1CCCCC1. The fourth-order valence-electron chi connectivity index (χ4n) is 2.66. The van der Waals surface area contributed by atoms with Gasteiger partial charge in [-0.1, -0.05) is 19.3 Å². The second-order valence-corrected chi connectivity index (χ2v) is 5.71. The van der Waals surface area contributed by atoms with E-state index >= 15 is 0 Å². The molecule has 1 aromatic rings. The number of hydrogen-bond acceptors (Lipinski definition) is 2. The Hall–Kier alpha value is -0.610. The molecular formula is C14H18BrFO2. The van der Waals surface area contributed by atoms with Crippen molar-refractivity contribution >= 4 is 15.9 Å². The lowest BCUT2D eigenvalue weighted by Gasteiger charge is -2.27. The van der Waals surface area contributed by atoms with Gasteiger partial charge >= 0.3 is 0 Å². The summed E-state index contributed by atoms with van der Waals surface area (Å²) in [5, 5.41) is 10.4. The van der Waals surface area contributed by atoms with Crippen LogP contribution in [0.1, 0.15) is 43.8 Å². The van der Waals surface area contributed by atoms with Gasteiger partial charge in [0, 0.05) is 11.6 Å². The van der Waals surface area contributed by atoms with Crippen molar-refractivity contribution in [1.29, 1.82) is 0 Å². The van der Waals surface area contributed by atoms with Crippen molar-refractivity contribution in [1.82, 2.24) is 0 Å². The second kappa shape index (κ2) is 6.02. The topological polar surface area (TPSA) is 29.5 Å². The second-order valence-electron chi connectivity index (χ2n) is 4.85. The zero-order valence-electron chi connectivity index (χ0n) is 10.5. The molecule has 1 unspecified atom stereocenters. The predicted molar refractivity (Wildman–Crippen MR) is 72.2 cm³/mol. The van der Waals surface area contributed by atoms with Gasteiger partial charge in [0.25, 0.3) is 0 Å². The maximum absolute atomic E-state index is 13.4. The van der Waals surface area contributed by atoms with E-state index in [1.807, 2.05) is 0 Å². The number of halogens is 2. The zero-order valence-corrected chi connectivity index (χ0v) is 12.0. The van der Waals surface area contributed by atoms with Gasteiger partial charge in [-0.25, -0.2) is 4.39 Å². The van der Waals surface area contributed by atoms with Crippen LogP contribution in [0.3, 0.4) is 0 Å². The van der Waals surface area contributed by atoms with Gasteiger partial charge in [0.05, 0.1) is 17.7 Å². The van der Waals surface area contributed by atoms with E-state index in [4.69, 9.17) is 4.74 Å². The van der Waals surface area contributed by atoms with E-state index in [-0.39, 0.29) is 11.7 Å². The molecule has 1 saturated carbocycles. The Morgan fingerprint density at radius 3 is 2.61 bits per heavy atom. The number of ether oxygens (including phenoxy) is 1. The van der Waals surface area contributed by atoms with Crippen LogP contribution in [0.15, 0.2) is 16.6 Å². The van der Waals surface area contributed by atoms with Crippen LogP contribution < -0.4 is 4.74 Å². The van der Waals surface area contributed by atoms with Crippen molar-refractivity contribution in [2.45, 2.75) is 38.2 Å². The molecule has 0 radical (unpaired) electrons. The standard InChI is InChI=1S/C14H18BrFO2/c1-18-13-8-12(16)11(15)7-10(13)14(17)9-5-3-2-4-6-9/h7-9,14,17H,2-6H2,1H3. The molecule has 1 atom stereocenters.